The van der Waals surface area contributed by atoms with Crippen LogP contribution in [0.15, 0.2) is 32.9 Å². The van der Waals surface area contributed by atoms with Crippen molar-refractivity contribution < 1.29 is 9.84 Å². The number of aromatic hydroxyl groups is 1. The lowest BCUT2D eigenvalue weighted by molar-refractivity contribution is 0.318. The van der Waals surface area contributed by atoms with Crippen LogP contribution in [0.2, 0.25) is 0 Å². The zero-order valence-corrected chi connectivity index (χ0v) is 15.4. The van der Waals surface area contributed by atoms with E-state index in [-0.39, 0.29) is 11.4 Å². The summed E-state index contributed by atoms with van der Waals surface area (Å²) in [6.45, 7) is 2.25. The summed E-state index contributed by atoms with van der Waals surface area (Å²) < 4.78 is 9.21. The molecule has 10 heteroatoms. The quantitative estimate of drug-likeness (QED) is 0.498. The first-order valence-corrected chi connectivity index (χ1v) is 8.22. The van der Waals surface area contributed by atoms with Crippen molar-refractivity contribution in [2.75, 3.05) is 12.0 Å². The average Bonchev–Trinajstić information content (AvgIpc) is 2.98. The Morgan fingerprint density at radius 2 is 1.96 bits per heavy atom. The summed E-state index contributed by atoms with van der Waals surface area (Å²) in [5.74, 6) is 0.722. The van der Waals surface area contributed by atoms with Crippen molar-refractivity contribution in [3.05, 3.63) is 44.6 Å². The van der Waals surface area contributed by atoms with Crippen molar-refractivity contribution in [1.29, 1.82) is 0 Å². The molecule has 0 aliphatic rings. The number of phenolic OH excluding ortho intramolecular Hbond substituents is 1. The van der Waals surface area contributed by atoms with E-state index in [1.54, 1.807) is 26.2 Å². The van der Waals surface area contributed by atoms with Crippen molar-refractivity contribution >= 4 is 23.3 Å². The number of hydrogen-bond acceptors (Lipinski definition) is 7. The van der Waals surface area contributed by atoms with E-state index in [1.165, 1.54) is 28.5 Å². The normalized spacial score (nSPS) is 11.4. The molecule has 3 aromatic rings. The summed E-state index contributed by atoms with van der Waals surface area (Å²) in [6, 6.07) is 4.84. The number of rotatable bonds is 5. The smallest absolute Gasteiger partial charge is 0.332 e. The Morgan fingerprint density at radius 3 is 2.67 bits per heavy atom. The first-order chi connectivity index (χ1) is 12.8. The lowest BCUT2D eigenvalue weighted by Crippen LogP contribution is -2.37. The molecule has 10 nitrogen and oxygen atoms in total. The van der Waals surface area contributed by atoms with Crippen LogP contribution in [-0.4, -0.2) is 36.6 Å². The minimum Gasteiger partial charge on any atom is -0.504 e. The number of hydrogen-bond donors (Lipinski definition) is 2. The van der Waals surface area contributed by atoms with Crippen molar-refractivity contribution in [3.8, 4) is 11.5 Å². The predicted molar refractivity (Wildman–Crippen MR) is 102 cm³/mol. The van der Waals surface area contributed by atoms with Gasteiger partial charge in [0.15, 0.2) is 22.7 Å². The van der Waals surface area contributed by atoms with Gasteiger partial charge < -0.3 is 14.4 Å². The van der Waals surface area contributed by atoms with Crippen LogP contribution in [0.3, 0.4) is 0 Å². The molecule has 3 rings (SSSR count). The van der Waals surface area contributed by atoms with Crippen LogP contribution >= 0.6 is 0 Å². The van der Waals surface area contributed by atoms with Gasteiger partial charge >= 0.3 is 5.69 Å². The van der Waals surface area contributed by atoms with E-state index >= 15 is 0 Å². The number of nitrogens with one attached hydrogen (secondary N) is 1. The molecule has 0 saturated carbocycles. The van der Waals surface area contributed by atoms with Gasteiger partial charge in [-0.25, -0.2) is 10.2 Å². The minimum absolute atomic E-state index is 0.0501. The molecule has 0 aliphatic carbocycles. The molecular formula is C17H20N6O4. The number of ether oxygens (including phenoxy) is 1. The second kappa shape index (κ2) is 6.98. The molecule has 0 spiro atoms. The highest BCUT2D eigenvalue weighted by molar-refractivity contribution is 5.81. The standard InChI is InChI=1S/C17H20N6O4/c1-5-27-12-8-10(6-7-11(12)24)9-18-20-16-19-14-13(21(16)2)15(25)23(4)17(26)22(14)3/h6-9,24H,5H2,1-4H3,(H,19,20)/b18-9+. The van der Waals surface area contributed by atoms with Crippen LogP contribution in [0.1, 0.15) is 12.5 Å². The van der Waals surface area contributed by atoms with Crippen molar-refractivity contribution in [2.45, 2.75) is 6.92 Å². The van der Waals surface area contributed by atoms with Crippen LogP contribution in [0, 0.1) is 0 Å². The molecule has 2 aromatic heterocycles. The number of fused-ring (bicyclic) bond motifs is 1. The van der Waals surface area contributed by atoms with Gasteiger partial charge in [0.1, 0.15) is 0 Å². The van der Waals surface area contributed by atoms with Crippen LogP contribution in [0.4, 0.5) is 5.95 Å². The molecule has 27 heavy (non-hydrogen) atoms. The highest BCUT2D eigenvalue weighted by Gasteiger charge is 2.16. The average molecular weight is 372 g/mol. The van der Waals surface area contributed by atoms with Gasteiger partial charge in [0.2, 0.25) is 5.95 Å². The Labute approximate surface area is 154 Å². The number of aromatic nitrogens is 4. The Bertz CT molecular complexity index is 1150. The van der Waals surface area contributed by atoms with E-state index in [0.29, 0.717) is 29.4 Å². The fourth-order valence-corrected chi connectivity index (χ4v) is 2.67. The summed E-state index contributed by atoms with van der Waals surface area (Å²) in [5.41, 5.74) is 3.15. The Hall–Kier alpha value is -3.56. The van der Waals surface area contributed by atoms with Crippen molar-refractivity contribution in [1.82, 2.24) is 18.7 Å². The van der Waals surface area contributed by atoms with Crippen LogP contribution in [-0.2, 0) is 21.1 Å². The Balaban J connectivity index is 1.93. The monoisotopic (exact) mass is 372 g/mol. The van der Waals surface area contributed by atoms with Crippen LogP contribution < -0.4 is 21.4 Å². The number of nitrogens with zero attached hydrogens (tertiary/aromatic N) is 5. The van der Waals surface area contributed by atoms with E-state index < -0.39 is 11.2 Å². The number of benzene rings is 1. The van der Waals surface area contributed by atoms with E-state index in [9.17, 15) is 14.7 Å². The minimum atomic E-state index is -0.451. The summed E-state index contributed by atoms with van der Waals surface area (Å²) in [5, 5.41) is 13.8. The van der Waals surface area contributed by atoms with E-state index in [2.05, 4.69) is 15.5 Å². The third kappa shape index (κ3) is 3.16. The summed E-state index contributed by atoms with van der Waals surface area (Å²) in [4.78, 5) is 28.7. The fraction of sp³-hybridized carbons (Fsp3) is 0.294. The number of hydrazone groups is 1. The second-order valence-corrected chi connectivity index (χ2v) is 5.90. The van der Waals surface area contributed by atoms with Gasteiger partial charge in [-0.2, -0.15) is 10.1 Å². The third-order valence-corrected chi connectivity index (χ3v) is 4.14. The van der Waals surface area contributed by atoms with E-state index in [1.807, 2.05) is 6.92 Å². The molecule has 2 heterocycles. The molecule has 2 N–H and O–H groups in total. The van der Waals surface area contributed by atoms with Gasteiger partial charge in [-0.15, -0.1) is 0 Å². The summed E-state index contributed by atoms with van der Waals surface area (Å²) >= 11 is 0. The molecule has 0 atom stereocenters. The molecule has 0 bridgehead atoms. The molecule has 0 aliphatic heterocycles. The Morgan fingerprint density at radius 1 is 1.22 bits per heavy atom. The maximum absolute atomic E-state index is 12.3. The van der Waals surface area contributed by atoms with E-state index in [0.717, 1.165) is 4.57 Å². The summed E-state index contributed by atoms with van der Waals surface area (Å²) in [6.07, 6.45) is 1.53. The lowest BCUT2D eigenvalue weighted by atomic mass is 10.2. The SMILES string of the molecule is CCOc1cc(/C=N/Nc2nc3c(c(=O)n(C)c(=O)n3C)n2C)ccc1O. The van der Waals surface area contributed by atoms with Crippen molar-refractivity contribution in [2.24, 2.45) is 26.2 Å². The molecule has 142 valence electrons. The van der Waals surface area contributed by atoms with Gasteiger partial charge in [0.05, 0.1) is 12.8 Å². The zero-order chi connectivity index (χ0) is 19.7. The lowest BCUT2D eigenvalue weighted by Gasteiger charge is -2.06. The zero-order valence-electron chi connectivity index (χ0n) is 15.4. The van der Waals surface area contributed by atoms with Gasteiger partial charge in [-0.1, -0.05) is 0 Å². The maximum Gasteiger partial charge on any atom is 0.332 e. The largest absolute Gasteiger partial charge is 0.504 e. The number of aryl methyl sites for hydroxylation is 2. The highest BCUT2D eigenvalue weighted by Crippen LogP contribution is 2.26. The summed E-state index contributed by atoms with van der Waals surface area (Å²) in [7, 11) is 4.63. The molecule has 0 radical (unpaired) electrons. The first kappa shape index (κ1) is 18.2. The fourth-order valence-electron chi connectivity index (χ4n) is 2.67. The number of anilines is 1. The molecule has 0 fully saturated rings. The molecular weight excluding hydrogens is 352 g/mol. The maximum atomic E-state index is 12.3. The van der Waals surface area contributed by atoms with Crippen molar-refractivity contribution in [3.63, 3.8) is 0 Å². The number of imidazole rings is 1. The third-order valence-electron chi connectivity index (χ3n) is 4.14. The van der Waals surface area contributed by atoms with E-state index in [4.69, 9.17) is 4.74 Å². The molecule has 0 unspecified atom stereocenters. The van der Waals surface area contributed by atoms with Gasteiger partial charge in [0.25, 0.3) is 5.56 Å². The highest BCUT2D eigenvalue weighted by atomic mass is 16.5. The predicted octanol–water partition coefficient (Wildman–Crippen LogP) is 0.521. The Kier molecular flexibility index (Phi) is 4.72. The molecule has 1 aromatic carbocycles. The van der Waals surface area contributed by atoms with Gasteiger partial charge in [-0.3, -0.25) is 13.9 Å². The molecule has 0 saturated heterocycles. The van der Waals surface area contributed by atoms with Gasteiger partial charge in [0, 0.05) is 21.1 Å². The number of phenols is 1. The first-order valence-electron chi connectivity index (χ1n) is 8.22. The molecule has 0 amide bonds. The second-order valence-electron chi connectivity index (χ2n) is 5.90. The van der Waals surface area contributed by atoms with Crippen LogP contribution in [0.5, 0.6) is 11.5 Å². The van der Waals surface area contributed by atoms with Crippen LogP contribution in [0.25, 0.3) is 11.2 Å². The topological polar surface area (TPSA) is 116 Å². The van der Waals surface area contributed by atoms with Gasteiger partial charge in [-0.05, 0) is 30.7 Å².